The number of benzene rings is 1. The molecule has 1 saturated carbocycles. The Labute approximate surface area is 121 Å². The van der Waals surface area contributed by atoms with E-state index in [1.54, 1.807) is 0 Å². The molecule has 3 heteroatoms. The number of hydrogen-bond donors (Lipinski definition) is 2. The van der Waals surface area contributed by atoms with Crippen molar-refractivity contribution in [2.75, 3.05) is 5.73 Å². The van der Waals surface area contributed by atoms with E-state index in [-0.39, 0.29) is 17.4 Å². The highest BCUT2D eigenvalue weighted by Gasteiger charge is 2.51. The predicted octanol–water partition coefficient (Wildman–Crippen LogP) is 3.24. The van der Waals surface area contributed by atoms with Crippen LogP contribution in [0.15, 0.2) is 24.3 Å². The Hall–Kier alpha value is -1.51. The lowest BCUT2D eigenvalue weighted by Gasteiger charge is -2.22. The first-order valence-electron chi connectivity index (χ1n) is 7.65. The highest BCUT2D eigenvalue weighted by molar-refractivity contribution is 5.91. The Kier molecular flexibility index (Phi) is 4.36. The molecule has 0 heterocycles. The molecule has 1 aliphatic carbocycles. The topological polar surface area (TPSA) is 55.1 Å². The molecular weight excluding hydrogens is 248 g/mol. The van der Waals surface area contributed by atoms with Gasteiger partial charge < -0.3 is 11.1 Å². The van der Waals surface area contributed by atoms with Crippen molar-refractivity contribution >= 4 is 11.6 Å². The molecule has 1 fully saturated rings. The molecule has 1 aromatic carbocycles. The van der Waals surface area contributed by atoms with Gasteiger partial charge in [-0.15, -0.1) is 0 Å². The number of nitrogen functional groups attached to an aromatic ring is 1. The van der Waals surface area contributed by atoms with Crippen LogP contribution in [0.2, 0.25) is 0 Å². The third-order valence-corrected chi connectivity index (χ3v) is 4.48. The number of nitrogens with one attached hydrogen (secondary N) is 1. The Bertz CT molecular complexity index is 462. The fourth-order valence-electron chi connectivity index (χ4n) is 2.77. The highest BCUT2D eigenvalue weighted by atomic mass is 16.2. The number of hydrogen-bond acceptors (Lipinski definition) is 2. The smallest absolute Gasteiger partial charge is 0.230 e. The minimum Gasteiger partial charge on any atom is -0.399 e. The number of anilines is 1. The normalized spacial score (nSPS) is 19.1. The summed E-state index contributed by atoms with van der Waals surface area (Å²) in [5.74, 6) is 0.829. The summed E-state index contributed by atoms with van der Waals surface area (Å²) in [6.07, 6.45) is 4.08. The van der Waals surface area contributed by atoms with E-state index in [9.17, 15) is 4.79 Å². The SMILES string of the molecule is CCC(C)CC(C)NC(=O)C1(c2ccc(N)cc2)CC1. The first-order chi connectivity index (χ1) is 9.48. The van der Waals surface area contributed by atoms with E-state index in [4.69, 9.17) is 5.73 Å². The van der Waals surface area contributed by atoms with Crippen LogP contribution in [0.4, 0.5) is 5.69 Å². The van der Waals surface area contributed by atoms with Crippen molar-refractivity contribution in [2.45, 2.75) is 57.9 Å². The zero-order valence-corrected chi connectivity index (χ0v) is 12.8. The molecule has 0 spiro atoms. The lowest BCUT2D eigenvalue weighted by atomic mass is 9.93. The fourth-order valence-corrected chi connectivity index (χ4v) is 2.77. The van der Waals surface area contributed by atoms with Gasteiger partial charge in [0.05, 0.1) is 5.41 Å². The predicted molar refractivity (Wildman–Crippen MR) is 83.4 cm³/mol. The largest absolute Gasteiger partial charge is 0.399 e. The molecule has 110 valence electrons. The fraction of sp³-hybridized carbons (Fsp3) is 0.588. The van der Waals surface area contributed by atoms with E-state index in [2.05, 4.69) is 26.1 Å². The van der Waals surface area contributed by atoms with Gasteiger partial charge in [-0.1, -0.05) is 32.4 Å². The van der Waals surface area contributed by atoms with Gasteiger partial charge in [-0.05, 0) is 49.8 Å². The molecule has 1 aliphatic rings. The van der Waals surface area contributed by atoms with Crippen LogP contribution in [-0.2, 0) is 10.2 Å². The van der Waals surface area contributed by atoms with Gasteiger partial charge in [0.1, 0.15) is 0 Å². The monoisotopic (exact) mass is 274 g/mol. The maximum Gasteiger partial charge on any atom is 0.230 e. The zero-order chi connectivity index (χ0) is 14.8. The summed E-state index contributed by atoms with van der Waals surface area (Å²) in [5.41, 5.74) is 7.27. The molecule has 1 aromatic rings. The van der Waals surface area contributed by atoms with E-state index >= 15 is 0 Å². The minimum atomic E-state index is -0.294. The average Bonchev–Trinajstić information content (AvgIpc) is 3.20. The van der Waals surface area contributed by atoms with Crippen LogP contribution < -0.4 is 11.1 Å². The Morgan fingerprint density at radius 1 is 1.30 bits per heavy atom. The Morgan fingerprint density at radius 2 is 1.90 bits per heavy atom. The maximum atomic E-state index is 12.6. The second-order valence-corrected chi connectivity index (χ2v) is 6.33. The molecule has 2 unspecified atom stereocenters. The van der Waals surface area contributed by atoms with Crippen molar-refractivity contribution in [3.63, 3.8) is 0 Å². The summed E-state index contributed by atoms with van der Waals surface area (Å²) in [7, 11) is 0. The number of carbonyl (C=O) groups is 1. The van der Waals surface area contributed by atoms with E-state index < -0.39 is 0 Å². The molecule has 0 radical (unpaired) electrons. The van der Waals surface area contributed by atoms with Crippen LogP contribution in [0, 0.1) is 5.92 Å². The number of nitrogens with two attached hydrogens (primary N) is 1. The van der Waals surface area contributed by atoms with Gasteiger partial charge >= 0.3 is 0 Å². The first kappa shape index (κ1) is 14.9. The van der Waals surface area contributed by atoms with Crippen molar-refractivity contribution in [3.8, 4) is 0 Å². The van der Waals surface area contributed by atoms with Gasteiger partial charge in [0.15, 0.2) is 0 Å². The lowest BCUT2D eigenvalue weighted by Crippen LogP contribution is -2.40. The summed E-state index contributed by atoms with van der Waals surface area (Å²) >= 11 is 0. The van der Waals surface area contributed by atoms with Crippen molar-refractivity contribution in [2.24, 2.45) is 5.92 Å². The van der Waals surface area contributed by atoms with E-state index in [0.717, 1.165) is 36.9 Å². The number of amides is 1. The molecule has 20 heavy (non-hydrogen) atoms. The number of carbonyl (C=O) groups excluding carboxylic acids is 1. The van der Waals surface area contributed by atoms with E-state index in [0.29, 0.717) is 5.92 Å². The molecule has 0 bridgehead atoms. The summed E-state index contributed by atoms with van der Waals surface area (Å²) in [4.78, 5) is 12.6. The Morgan fingerprint density at radius 3 is 2.40 bits per heavy atom. The van der Waals surface area contributed by atoms with Gasteiger partial charge in [0.25, 0.3) is 0 Å². The van der Waals surface area contributed by atoms with Gasteiger partial charge in [-0.3, -0.25) is 4.79 Å². The third-order valence-electron chi connectivity index (χ3n) is 4.48. The first-order valence-corrected chi connectivity index (χ1v) is 7.65. The zero-order valence-electron chi connectivity index (χ0n) is 12.8. The van der Waals surface area contributed by atoms with Crippen molar-refractivity contribution in [1.82, 2.24) is 5.32 Å². The van der Waals surface area contributed by atoms with Crippen LogP contribution in [0.3, 0.4) is 0 Å². The van der Waals surface area contributed by atoms with Crippen molar-refractivity contribution < 1.29 is 4.79 Å². The van der Waals surface area contributed by atoms with Crippen LogP contribution in [0.1, 0.15) is 52.0 Å². The molecule has 2 atom stereocenters. The minimum absolute atomic E-state index is 0.179. The highest BCUT2D eigenvalue weighted by Crippen LogP contribution is 2.48. The van der Waals surface area contributed by atoms with Crippen LogP contribution in [0.5, 0.6) is 0 Å². The third kappa shape index (κ3) is 3.14. The summed E-state index contributed by atoms with van der Waals surface area (Å²) in [6, 6.07) is 7.97. The van der Waals surface area contributed by atoms with Crippen LogP contribution in [0.25, 0.3) is 0 Å². The average molecular weight is 274 g/mol. The van der Waals surface area contributed by atoms with Crippen LogP contribution >= 0.6 is 0 Å². The van der Waals surface area contributed by atoms with Gasteiger partial charge in [-0.25, -0.2) is 0 Å². The van der Waals surface area contributed by atoms with Gasteiger partial charge in [0, 0.05) is 11.7 Å². The van der Waals surface area contributed by atoms with Gasteiger partial charge in [-0.2, -0.15) is 0 Å². The molecule has 0 saturated heterocycles. The van der Waals surface area contributed by atoms with Crippen molar-refractivity contribution in [1.29, 1.82) is 0 Å². The summed E-state index contributed by atoms with van der Waals surface area (Å²) in [6.45, 7) is 6.52. The molecule has 1 amide bonds. The Balaban J connectivity index is 2.00. The van der Waals surface area contributed by atoms with E-state index in [1.807, 2.05) is 24.3 Å². The molecular formula is C17H26N2O. The second kappa shape index (κ2) is 5.86. The molecule has 3 nitrogen and oxygen atoms in total. The second-order valence-electron chi connectivity index (χ2n) is 6.33. The molecule has 0 aliphatic heterocycles. The summed E-state index contributed by atoms with van der Waals surface area (Å²) < 4.78 is 0. The standard InChI is InChI=1S/C17H26N2O/c1-4-12(2)11-13(3)19-16(20)17(9-10-17)14-5-7-15(18)8-6-14/h5-8,12-13H,4,9-11,18H2,1-3H3,(H,19,20). The van der Waals surface area contributed by atoms with Crippen LogP contribution in [-0.4, -0.2) is 11.9 Å². The quantitative estimate of drug-likeness (QED) is 0.782. The summed E-state index contributed by atoms with van der Waals surface area (Å²) in [5, 5.41) is 3.19. The number of rotatable bonds is 6. The van der Waals surface area contributed by atoms with E-state index in [1.165, 1.54) is 0 Å². The van der Waals surface area contributed by atoms with Gasteiger partial charge in [0.2, 0.25) is 5.91 Å². The van der Waals surface area contributed by atoms with Crippen molar-refractivity contribution in [3.05, 3.63) is 29.8 Å². The molecule has 3 N–H and O–H groups in total. The maximum absolute atomic E-state index is 12.6. The lowest BCUT2D eigenvalue weighted by molar-refractivity contribution is -0.124. The molecule has 2 rings (SSSR count). The molecule has 0 aromatic heterocycles.